The van der Waals surface area contributed by atoms with Gasteiger partial charge in [-0.25, -0.2) is 4.98 Å². The molecule has 4 aromatic heterocycles. The largest absolute Gasteiger partial charge is 0.266 e. The van der Waals surface area contributed by atoms with Crippen molar-refractivity contribution in [2.45, 2.75) is 32.1 Å². The number of aromatic nitrogens is 7. The van der Waals surface area contributed by atoms with Crippen LogP contribution in [0.2, 0.25) is 4.47 Å². The maximum atomic E-state index is 5.97. The van der Waals surface area contributed by atoms with E-state index in [-0.39, 0.29) is 0 Å². The fourth-order valence-corrected chi connectivity index (χ4v) is 4.57. The lowest BCUT2D eigenvalue weighted by Crippen LogP contribution is -2.02. The molecule has 2 unspecified atom stereocenters. The summed E-state index contributed by atoms with van der Waals surface area (Å²) in [4.78, 5) is 5.39. The Balaban J connectivity index is 1.51. The molecule has 0 aromatic carbocycles. The lowest BCUT2D eigenvalue weighted by molar-refractivity contribution is 0.742. The summed E-state index contributed by atoms with van der Waals surface area (Å²) in [6, 6.07) is 4.18. The first-order valence-electron chi connectivity index (χ1n) is 8.36. The molecule has 1 aliphatic carbocycles. The van der Waals surface area contributed by atoms with Gasteiger partial charge in [0, 0.05) is 30.0 Å². The summed E-state index contributed by atoms with van der Waals surface area (Å²) < 4.78 is 4.29. The third kappa shape index (κ3) is 2.44. The van der Waals surface area contributed by atoms with Gasteiger partial charge in [0.15, 0.2) is 15.9 Å². The maximum absolute atomic E-state index is 5.97. The molecule has 0 N–H and O–H groups in total. The van der Waals surface area contributed by atoms with Crippen LogP contribution in [0.5, 0.6) is 0 Å². The maximum Gasteiger partial charge on any atom is 0.183 e. The molecule has 0 spiro atoms. The van der Waals surface area contributed by atoms with Crippen LogP contribution in [0.1, 0.15) is 40.2 Å². The molecule has 1 aliphatic rings. The van der Waals surface area contributed by atoms with Crippen molar-refractivity contribution in [2.75, 3.05) is 0 Å². The molecule has 1 saturated carbocycles. The fourth-order valence-electron chi connectivity index (χ4n) is 3.44. The zero-order chi connectivity index (χ0) is 18.0. The number of rotatable bonds is 3. The summed E-state index contributed by atoms with van der Waals surface area (Å²) >= 11 is 7.53. The number of nitrogens with zero attached hydrogens (tertiary/aromatic N) is 7. The van der Waals surface area contributed by atoms with Gasteiger partial charge in [0.2, 0.25) is 0 Å². The first kappa shape index (κ1) is 15.9. The van der Waals surface area contributed by atoms with Gasteiger partial charge >= 0.3 is 0 Å². The van der Waals surface area contributed by atoms with Crippen molar-refractivity contribution >= 4 is 28.6 Å². The van der Waals surface area contributed by atoms with Crippen molar-refractivity contribution in [3.8, 4) is 11.4 Å². The van der Waals surface area contributed by atoms with E-state index in [1.807, 2.05) is 37.8 Å². The summed E-state index contributed by atoms with van der Waals surface area (Å²) in [7, 11) is 1.96. The molecule has 132 valence electrons. The smallest absolute Gasteiger partial charge is 0.183 e. The minimum absolute atomic E-state index is 0.424. The van der Waals surface area contributed by atoms with E-state index in [1.54, 1.807) is 15.9 Å². The highest BCUT2D eigenvalue weighted by atomic mass is 35.5. The van der Waals surface area contributed by atoms with Gasteiger partial charge < -0.3 is 0 Å². The molecule has 4 aromatic rings. The second-order valence-corrected chi connectivity index (χ2v) is 8.38. The van der Waals surface area contributed by atoms with Crippen LogP contribution >= 0.6 is 22.9 Å². The molecule has 26 heavy (non-hydrogen) atoms. The summed E-state index contributed by atoms with van der Waals surface area (Å²) in [5, 5.41) is 17.7. The van der Waals surface area contributed by atoms with Crippen LogP contribution in [-0.4, -0.2) is 34.6 Å². The molecular formula is C17H16ClN7S. The zero-order valence-corrected chi connectivity index (χ0v) is 16.1. The Morgan fingerprint density at radius 2 is 2.00 bits per heavy atom. The molecule has 0 radical (unpaired) electrons. The van der Waals surface area contributed by atoms with Crippen LogP contribution in [-0.2, 0) is 7.05 Å². The molecule has 5 rings (SSSR count). The lowest BCUT2D eigenvalue weighted by atomic mass is 10.2. The lowest BCUT2D eigenvalue weighted by Gasteiger charge is -2.04. The highest BCUT2D eigenvalue weighted by Gasteiger charge is 2.42. The summed E-state index contributed by atoms with van der Waals surface area (Å²) in [6.45, 7) is 3.93. The predicted octanol–water partition coefficient (Wildman–Crippen LogP) is 3.52. The summed E-state index contributed by atoms with van der Waals surface area (Å²) in [6.07, 6.45) is 2.97. The first-order valence-corrected chi connectivity index (χ1v) is 9.56. The van der Waals surface area contributed by atoms with E-state index in [1.165, 1.54) is 4.88 Å². The van der Waals surface area contributed by atoms with Crippen molar-refractivity contribution in [3.63, 3.8) is 0 Å². The van der Waals surface area contributed by atoms with Gasteiger partial charge in [-0.1, -0.05) is 11.6 Å². The molecule has 7 nitrogen and oxygen atoms in total. The van der Waals surface area contributed by atoms with Gasteiger partial charge in [0.25, 0.3) is 0 Å². The number of hydrogen-bond acceptors (Lipinski definition) is 6. The number of aryl methyl sites for hydroxylation is 3. The third-order valence-corrected chi connectivity index (χ3v) is 6.15. The van der Waals surface area contributed by atoms with Gasteiger partial charge in [0.1, 0.15) is 5.69 Å². The zero-order valence-electron chi connectivity index (χ0n) is 14.5. The van der Waals surface area contributed by atoms with Gasteiger partial charge in [0.05, 0.1) is 11.4 Å². The second-order valence-electron chi connectivity index (χ2n) is 6.74. The van der Waals surface area contributed by atoms with E-state index in [4.69, 9.17) is 21.8 Å². The molecule has 2 atom stereocenters. The Morgan fingerprint density at radius 3 is 2.77 bits per heavy atom. The Kier molecular flexibility index (Phi) is 3.42. The van der Waals surface area contributed by atoms with Crippen molar-refractivity contribution in [3.05, 3.63) is 44.8 Å². The monoisotopic (exact) mass is 385 g/mol. The SMILES string of the molecule is Cc1cc(-c2cc(C3CC3c3cnc(Cl)s3)nn2C)nn2c(C)nnc12. The van der Waals surface area contributed by atoms with E-state index in [9.17, 15) is 0 Å². The van der Waals surface area contributed by atoms with Crippen molar-refractivity contribution in [1.29, 1.82) is 0 Å². The summed E-state index contributed by atoms with van der Waals surface area (Å²) in [5.74, 6) is 1.67. The molecular weight excluding hydrogens is 370 g/mol. The number of halogens is 1. The van der Waals surface area contributed by atoms with Crippen molar-refractivity contribution in [1.82, 2.24) is 34.6 Å². The molecule has 1 fully saturated rings. The summed E-state index contributed by atoms with van der Waals surface area (Å²) in [5.41, 5.74) is 4.79. The number of thiazole rings is 1. The highest BCUT2D eigenvalue weighted by molar-refractivity contribution is 7.15. The van der Waals surface area contributed by atoms with Crippen LogP contribution in [0.3, 0.4) is 0 Å². The van der Waals surface area contributed by atoms with E-state index in [0.717, 1.165) is 40.5 Å². The van der Waals surface area contributed by atoms with Gasteiger partial charge in [-0.2, -0.15) is 14.7 Å². The molecule has 0 aliphatic heterocycles. The van der Waals surface area contributed by atoms with E-state index in [0.29, 0.717) is 16.3 Å². The van der Waals surface area contributed by atoms with Crippen LogP contribution < -0.4 is 0 Å². The first-order chi connectivity index (χ1) is 12.5. The van der Waals surface area contributed by atoms with E-state index >= 15 is 0 Å². The van der Waals surface area contributed by atoms with E-state index in [2.05, 4.69) is 21.2 Å². The van der Waals surface area contributed by atoms with Crippen LogP contribution in [0.4, 0.5) is 0 Å². The molecule has 0 bridgehead atoms. The minimum atomic E-state index is 0.424. The average molecular weight is 386 g/mol. The van der Waals surface area contributed by atoms with Crippen LogP contribution in [0, 0.1) is 13.8 Å². The van der Waals surface area contributed by atoms with Crippen LogP contribution in [0.15, 0.2) is 18.3 Å². The molecule has 0 amide bonds. The average Bonchev–Trinajstić information content (AvgIpc) is 2.91. The Labute approximate surface area is 158 Å². The third-order valence-electron chi connectivity index (χ3n) is 4.90. The van der Waals surface area contributed by atoms with Crippen molar-refractivity contribution < 1.29 is 0 Å². The van der Waals surface area contributed by atoms with Crippen molar-refractivity contribution in [2.24, 2.45) is 7.05 Å². The highest BCUT2D eigenvalue weighted by Crippen LogP contribution is 2.56. The fraction of sp³-hybridized carbons (Fsp3) is 0.353. The number of fused-ring (bicyclic) bond motifs is 1. The van der Waals surface area contributed by atoms with Gasteiger partial charge in [-0.3, -0.25) is 4.68 Å². The Bertz CT molecular complexity index is 1140. The molecule has 4 heterocycles. The van der Waals surface area contributed by atoms with Gasteiger partial charge in [-0.15, -0.1) is 21.5 Å². The van der Waals surface area contributed by atoms with Crippen LogP contribution in [0.25, 0.3) is 17.0 Å². The minimum Gasteiger partial charge on any atom is -0.266 e. The Hall–Kier alpha value is -2.32. The van der Waals surface area contributed by atoms with E-state index < -0.39 is 0 Å². The molecule has 9 heteroatoms. The predicted molar refractivity (Wildman–Crippen MR) is 99.7 cm³/mol. The quantitative estimate of drug-likeness (QED) is 0.539. The Morgan fingerprint density at radius 1 is 1.15 bits per heavy atom. The standard InChI is InChI=1S/C17H16ClN7S/c1-8-4-13(23-25-9(2)20-21-16(8)25)14-6-12(22-24(14)3)10-5-11(10)15-7-19-17(18)26-15/h4,6-7,10-11H,5H2,1-3H3. The second kappa shape index (κ2) is 5.59. The molecule has 0 saturated heterocycles. The normalized spacial score (nSPS) is 19.4. The number of hydrogen-bond donors (Lipinski definition) is 0. The van der Waals surface area contributed by atoms with Gasteiger partial charge in [-0.05, 0) is 38.0 Å². The topological polar surface area (TPSA) is 73.8 Å².